The van der Waals surface area contributed by atoms with E-state index >= 15 is 0 Å². The fraction of sp³-hybridized carbons (Fsp3) is 0.100. The summed E-state index contributed by atoms with van der Waals surface area (Å²) in [7, 11) is 0. The SMILES string of the molecule is CCc1ccc(-c2csc(NC(=O)c3cc(F)cc4nccnc34)n2)cc1. The minimum Gasteiger partial charge on any atom is -0.298 e. The lowest BCUT2D eigenvalue weighted by Crippen LogP contribution is -2.13. The molecular formula is C20H15FN4OS. The Morgan fingerprint density at radius 1 is 1.15 bits per heavy atom. The van der Waals surface area contributed by atoms with E-state index in [-0.39, 0.29) is 5.56 Å². The molecule has 0 aliphatic rings. The lowest BCUT2D eigenvalue weighted by Gasteiger charge is -2.05. The lowest BCUT2D eigenvalue weighted by molar-refractivity contribution is 0.102. The number of nitrogens with zero attached hydrogens (tertiary/aromatic N) is 3. The number of benzene rings is 2. The molecule has 0 spiro atoms. The zero-order chi connectivity index (χ0) is 18.8. The molecule has 27 heavy (non-hydrogen) atoms. The van der Waals surface area contributed by atoms with Gasteiger partial charge in [0.25, 0.3) is 5.91 Å². The third-order valence-corrected chi connectivity index (χ3v) is 4.92. The van der Waals surface area contributed by atoms with E-state index in [0.717, 1.165) is 23.7 Å². The Bertz CT molecular complexity index is 1120. The van der Waals surface area contributed by atoms with Gasteiger partial charge >= 0.3 is 0 Å². The molecule has 1 amide bonds. The van der Waals surface area contributed by atoms with Crippen molar-refractivity contribution in [2.75, 3.05) is 5.32 Å². The molecule has 134 valence electrons. The first-order valence-electron chi connectivity index (χ1n) is 8.40. The molecule has 4 aromatic rings. The number of aromatic nitrogens is 3. The Labute approximate surface area is 158 Å². The molecule has 0 saturated heterocycles. The Hall–Kier alpha value is -3.19. The number of carbonyl (C=O) groups is 1. The summed E-state index contributed by atoms with van der Waals surface area (Å²) in [5, 5.41) is 5.04. The van der Waals surface area contributed by atoms with Gasteiger partial charge in [-0.25, -0.2) is 9.37 Å². The highest BCUT2D eigenvalue weighted by Gasteiger charge is 2.16. The molecule has 0 atom stereocenters. The molecule has 5 nitrogen and oxygen atoms in total. The average molecular weight is 378 g/mol. The number of hydrogen-bond donors (Lipinski definition) is 1. The summed E-state index contributed by atoms with van der Waals surface area (Å²) >= 11 is 1.31. The largest absolute Gasteiger partial charge is 0.298 e. The van der Waals surface area contributed by atoms with Crippen molar-refractivity contribution >= 4 is 33.4 Å². The first-order valence-corrected chi connectivity index (χ1v) is 9.28. The zero-order valence-electron chi connectivity index (χ0n) is 14.4. The number of fused-ring (bicyclic) bond motifs is 1. The summed E-state index contributed by atoms with van der Waals surface area (Å²) < 4.78 is 13.8. The van der Waals surface area contributed by atoms with Crippen LogP contribution in [0.15, 0.2) is 54.2 Å². The summed E-state index contributed by atoms with van der Waals surface area (Å²) in [6.07, 6.45) is 3.90. The van der Waals surface area contributed by atoms with Crippen LogP contribution >= 0.6 is 11.3 Å². The molecule has 2 aromatic heterocycles. The Kier molecular flexibility index (Phi) is 4.60. The molecule has 0 radical (unpaired) electrons. The molecule has 1 N–H and O–H groups in total. The van der Waals surface area contributed by atoms with Crippen molar-refractivity contribution in [1.82, 2.24) is 15.0 Å². The molecule has 0 fully saturated rings. The minimum absolute atomic E-state index is 0.127. The van der Waals surface area contributed by atoms with Gasteiger partial charge in [-0.3, -0.25) is 20.1 Å². The molecule has 7 heteroatoms. The Morgan fingerprint density at radius 2 is 1.93 bits per heavy atom. The van der Waals surface area contributed by atoms with Crippen molar-refractivity contribution in [3.05, 3.63) is 71.1 Å². The second kappa shape index (κ2) is 7.20. The van der Waals surface area contributed by atoms with Crippen molar-refractivity contribution < 1.29 is 9.18 Å². The van der Waals surface area contributed by atoms with Crippen LogP contribution in [-0.4, -0.2) is 20.9 Å². The third kappa shape index (κ3) is 3.54. The second-order valence-corrected chi connectivity index (χ2v) is 6.78. The van der Waals surface area contributed by atoms with Crippen LogP contribution in [0.1, 0.15) is 22.8 Å². The Morgan fingerprint density at radius 3 is 2.70 bits per heavy atom. The topological polar surface area (TPSA) is 67.8 Å². The lowest BCUT2D eigenvalue weighted by atomic mass is 10.1. The van der Waals surface area contributed by atoms with Gasteiger partial charge in [-0.1, -0.05) is 31.2 Å². The van der Waals surface area contributed by atoms with Crippen LogP contribution in [0.2, 0.25) is 0 Å². The number of aryl methyl sites for hydroxylation is 1. The molecule has 0 aliphatic carbocycles. The predicted molar refractivity (Wildman–Crippen MR) is 104 cm³/mol. The molecule has 4 rings (SSSR count). The van der Waals surface area contributed by atoms with Gasteiger partial charge in [-0.05, 0) is 18.1 Å². The molecule has 2 heterocycles. The highest BCUT2D eigenvalue weighted by molar-refractivity contribution is 7.14. The fourth-order valence-corrected chi connectivity index (χ4v) is 3.47. The van der Waals surface area contributed by atoms with Gasteiger partial charge in [0.05, 0.1) is 16.8 Å². The van der Waals surface area contributed by atoms with Gasteiger partial charge in [0.2, 0.25) is 0 Å². The van der Waals surface area contributed by atoms with Crippen LogP contribution in [0.5, 0.6) is 0 Å². The predicted octanol–water partition coefficient (Wildman–Crippen LogP) is 4.71. The zero-order valence-corrected chi connectivity index (χ0v) is 15.3. The van der Waals surface area contributed by atoms with Crippen molar-refractivity contribution in [1.29, 1.82) is 0 Å². The maximum atomic E-state index is 13.8. The van der Waals surface area contributed by atoms with Crippen molar-refractivity contribution in [2.24, 2.45) is 0 Å². The number of thiazole rings is 1. The maximum absolute atomic E-state index is 13.8. The third-order valence-electron chi connectivity index (χ3n) is 4.17. The quantitative estimate of drug-likeness (QED) is 0.559. The number of anilines is 1. The highest BCUT2D eigenvalue weighted by Crippen LogP contribution is 2.26. The van der Waals surface area contributed by atoms with E-state index in [9.17, 15) is 9.18 Å². The van der Waals surface area contributed by atoms with E-state index < -0.39 is 11.7 Å². The van der Waals surface area contributed by atoms with Crippen LogP contribution in [0.3, 0.4) is 0 Å². The van der Waals surface area contributed by atoms with Gasteiger partial charge in [0.15, 0.2) is 5.13 Å². The van der Waals surface area contributed by atoms with Gasteiger partial charge in [0, 0.05) is 29.4 Å². The summed E-state index contributed by atoms with van der Waals surface area (Å²) in [5.74, 6) is -1.01. The number of rotatable bonds is 4. The van der Waals surface area contributed by atoms with Gasteiger partial charge < -0.3 is 0 Å². The van der Waals surface area contributed by atoms with E-state index in [0.29, 0.717) is 16.2 Å². The Balaban J connectivity index is 1.60. The first-order chi connectivity index (χ1) is 13.1. The monoisotopic (exact) mass is 378 g/mol. The number of nitrogens with one attached hydrogen (secondary N) is 1. The van der Waals surface area contributed by atoms with E-state index in [4.69, 9.17) is 0 Å². The van der Waals surface area contributed by atoms with E-state index in [2.05, 4.69) is 39.3 Å². The first kappa shape index (κ1) is 17.2. The van der Waals surface area contributed by atoms with Crippen molar-refractivity contribution in [3.8, 4) is 11.3 Å². The number of halogens is 1. The summed E-state index contributed by atoms with van der Waals surface area (Å²) in [4.78, 5) is 25.3. The fourth-order valence-electron chi connectivity index (χ4n) is 2.75. The summed E-state index contributed by atoms with van der Waals surface area (Å²) in [6.45, 7) is 2.10. The van der Waals surface area contributed by atoms with Crippen molar-refractivity contribution in [2.45, 2.75) is 13.3 Å². The van der Waals surface area contributed by atoms with Crippen molar-refractivity contribution in [3.63, 3.8) is 0 Å². The number of amides is 1. The van der Waals surface area contributed by atoms with E-state index in [1.54, 1.807) is 0 Å². The molecule has 0 saturated carbocycles. The van der Waals surface area contributed by atoms with Crippen LogP contribution in [0.4, 0.5) is 9.52 Å². The smallest absolute Gasteiger partial charge is 0.259 e. The molecule has 0 unspecified atom stereocenters. The second-order valence-electron chi connectivity index (χ2n) is 5.92. The van der Waals surface area contributed by atoms with E-state index in [1.165, 1.54) is 35.4 Å². The van der Waals surface area contributed by atoms with Crippen LogP contribution in [0, 0.1) is 5.82 Å². The normalized spacial score (nSPS) is 10.9. The minimum atomic E-state index is -0.538. The van der Waals surface area contributed by atoms with E-state index in [1.807, 2.05) is 17.5 Å². The standard InChI is InChI=1S/C20H15FN4OS/c1-2-12-3-5-13(6-4-12)17-11-27-20(24-17)25-19(26)15-9-14(21)10-16-18(15)23-8-7-22-16/h3-11H,2H2,1H3,(H,24,25,26). The van der Waals surface area contributed by atoms with Gasteiger partial charge in [0.1, 0.15) is 11.3 Å². The van der Waals surface area contributed by atoms with Crippen LogP contribution in [0.25, 0.3) is 22.3 Å². The molecule has 0 aliphatic heterocycles. The summed E-state index contributed by atoms with van der Waals surface area (Å²) in [6, 6.07) is 10.5. The highest BCUT2D eigenvalue weighted by atomic mass is 32.1. The van der Waals surface area contributed by atoms with Gasteiger partial charge in [-0.2, -0.15) is 0 Å². The maximum Gasteiger partial charge on any atom is 0.259 e. The van der Waals surface area contributed by atoms with Crippen LogP contribution in [-0.2, 0) is 6.42 Å². The van der Waals surface area contributed by atoms with Gasteiger partial charge in [-0.15, -0.1) is 11.3 Å². The number of carbonyl (C=O) groups excluding carboxylic acids is 1. The summed E-state index contributed by atoms with van der Waals surface area (Å²) in [5.41, 5.74) is 3.82. The molecular weight excluding hydrogens is 363 g/mol. The van der Waals surface area contributed by atoms with Crippen LogP contribution < -0.4 is 5.32 Å². The molecule has 0 bridgehead atoms. The average Bonchev–Trinajstić information content (AvgIpc) is 3.15. The molecule has 2 aromatic carbocycles. The number of hydrogen-bond acceptors (Lipinski definition) is 5.